The molecule has 80 heavy (non-hydrogen) atoms. The van der Waals surface area contributed by atoms with Crippen molar-refractivity contribution >= 4 is 43.6 Å². The number of fused-ring (bicyclic) bond motifs is 26. The zero-order valence-electron chi connectivity index (χ0n) is 44.7. The Morgan fingerprint density at radius 1 is 0.275 bits per heavy atom. The molecule has 0 saturated heterocycles. The van der Waals surface area contributed by atoms with Crippen molar-refractivity contribution < 1.29 is 0 Å². The Labute approximate surface area is 463 Å². The van der Waals surface area contributed by atoms with Crippen molar-refractivity contribution in [3.05, 3.63) is 298 Å². The average Bonchev–Trinajstić information content (AvgIpc) is 2.98. The van der Waals surface area contributed by atoms with E-state index in [-0.39, 0.29) is 0 Å². The maximum absolute atomic E-state index is 5.48. The molecular formula is C76H50N4. The third-order valence-electron chi connectivity index (χ3n) is 19.2. The second-order valence-corrected chi connectivity index (χ2v) is 23.0. The van der Waals surface area contributed by atoms with Crippen LogP contribution < -0.4 is 0 Å². The molecule has 0 unspecified atom stereocenters. The number of para-hydroxylation sites is 4. The topological polar surface area (TPSA) is 35.6 Å². The molecule has 0 amide bonds. The van der Waals surface area contributed by atoms with Crippen LogP contribution in [0.15, 0.2) is 231 Å². The van der Waals surface area contributed by atoms with Gasteiger partial charge in [0, 0.05) is 56.4 Å². The minimum atomic E-state index is -0.681. The monoisotopic (exact) mass is 1020 g/mol. The first kappa shape index (κ1) is 44.1. The van der Waals surface area contributed by atoms with Crippen molar-refractivity contribution in [3.63, 3.8) is 0 Å². The zero-order valence-corrected chi connectivity index (χ0v) is 44.7. The molecule has 0 N–H and O–H groups in total. The first-order valence-corrected chi connectivity index (χ1v) is 28.0. The van der Waals surface area contributed by atoms with Crippen LogP contribution >= 0.6 is 0 Å². The van der Waals surface area contributed by atoms with E-state index in [9.17, 15) is 0 Å². The van der Waals surface area contributed by atoms with Gasteiger partial charge >= 0.3 is 0 Å². The smallest absolute Gasteiger partial charge is 0.0899 e. The van der Waals surface area contributed by atoms with Crippen molar-refractivity contribution in [1.29, 1.82) is 0 Å². The van der Waals surface area contributed by atoms with E-state index in [2.05, 4.69) is 255 Å². The summed E-state index contributed by atoms with van der Waals surface area (Å²) in [5.74, 6) is 0. The minimum Gasteiger partial charge on any atom is -0.309 e. The fourth-order valence-electron chi connectivity index (χ4n) is 15.5. The SMILES string of the molecule is Cc1cc2c(cc1C)[C@]1(c3cc(-c4ccc5c(c4)[C@@]4(c6cc(-n7c8ccccc8c8ccccc87)ccc6-5)c5cc(C)c(C)cc5-c5cccnc54)ccc3-c3ccc(-n4c5ccccc5c5ccccc54)cc31)c1ncccc1-2. The molecule has 0 saturated carbocycles. The maximum atomic E-state index is 5.48. The summed E-state index contributed by atoms with van der Waals surface area (Å²) >= 11 is 0. The van der Waals surface area contributed by atoms with Gasteiger partial charge in [-0.1, -0.05) is 146 Å². The average molecular weight is 1020 g/mol. The van der Waals surface area contributed by atoms with Crippen LogP contribution in [0.3, 0.4) is 0 Å². The summed E-state index contributed by atoms with van der Waals surface area (Å²) in [7, 11) is 0. The normalized spacial score (nSPS) is 16.6. The fraction of sp³-hybridized carbons (Fsp3) is 0.0789. The van der Waals surface area contributed by atoms with Crippen LogP contribution in [-0.2, 0) is 10.8 Å². The Balaban J connectivity index is 0.887. The predicted molar refractivity (Wildman–Crippen MR) is 328 cm³/mol. The van der Waals surface area contributed by atoms with Crippen LogP contribution in [0.4, 0.5) is 0 Å². The van der Waals surface area contributed by atoms with Crippen molar-refractivity contribution in [2.45, 2.75) is 38.5 Å². The van der Waals surface area contributed by atoms with E-state index in [0.29, 0.717) is 0 Å². The number of aromatic nitrogens is 4. The lowest BCUT2D eigenvalue weighted by atomic mass is 9.71. The molecule has 374 valence electrons. The largest absolute Gasteiger partial charge is 0.309 e. The van der Waals surface area contributed by atoms with Crippen molar-refractivity contribution in [2.75, 3.05) is 0 Å². The van der Waals surface area contributed by atoms with Gasteiger partial charge in [-0.25, -0.2) is 0 Å². The van der Waals surface area contributed by atoms with Gasteiger partial charge in [-0.05, 0) is 201 Å². The molecule has 10 aromatic carbocycles. The molecule has 0 radical (unpaired) electrons. The summed E-state index contributed by atoms with van der Waals surface area (Å²) in [6.07, 6.45) is 4.01. The Kier molecular flexibility index (Phi) is 8.51. The van der Waals surface area contributed by atoms with Gasteiger partial charge in [0.25, 0.3) is 0 Å². The van der Waals surface area contributed by atoms with E-state index in [0.717, 1.165) is 22.8 Å². The molecule has 14 aromatic rings. The van der Waals surface area contributed by atoms with E-state index in [1.165, 1.54) is 155 Å². The number of aryl methyl sites for hydroxylation is 4. The number of pyridine rings is 2. The highest BCUT2D eigenvalue weighted by Crippen LogP contribution is 2.65. The molecule has 0 bridgehead atoms. The number of rotatable bonds is 3. The lowest BCUT2D eigenvalue weighted by Crippen LogP contribution is -2.27. The van der Waals surface area contributed by atoms with Gasteiger partial charge in [-0.15, -0.1) is 0 Å². The Bertz CT molecular complexity index is 4710. The third-order valence-corrected chi connectivity index (χ3v) is 19.2. The molecule has 4 heterocycles. The van der Waals surface area contributed by atoms with Crippen LogP contribution in [0.1, 0.15) is 67.0 Å². The first-order valence-electron chi connectivity index (χ1n) is 28.0. The Morgan fingerprint density at radius 3 is 0.988 bits per heavy atom. The number of hydrogen-bond donors (Lipinski definition) is 0. The summed E-state index contributed by atoms with van der Waals surface area (Å²) in [5.41, 5.74) is 33.0. The molecule has 18 rings (SSSR count). The first-order chi connectivity index (χ1) is 39.3. The van der Waals surface area contributed by atoms with Gasteiger partial charge in [0.2, 0.25) is 0 Å². The van der Waals surface area contributed by atoms with Crippen LogP contribution in [0, 0.1) is 27.7 Å². The molecule has 4 aromatic heterocycles. The van der Waals surface area contributed by atoms with Crippen LogP contribution in [0.5, 0.6) is 0 Å². The number of hydrogen-bond acceptors (Lipinski definition) is 2. The molecule has 2 atom stereocenters. The van der Waals surface area contributed by atoms with Gasteiger partial charge in [0.1, 0.15) is 0 Å². The number of nitrogens with zero attached hydrogens (tertiary/aromatic N) is 4. The molecule has 4 aliphatic rings. The van der Waals surface area contributed by atoms with Crippen molar-refractivity contribution in [2.24, 2.45) is 0 Å². The van der Waals surface area contributed by atoms with Crippen molar-refractivity contribution in [1.82, 2.24) is 19.1 Å². The van der Waals surface area contributed by atoms with Crippen LogP contribution in [0.25, 0.3) is 111 Å². The second kappa shape index (κ2) is 15.4. The molecule has 0 aliphatic heterocycles. The van der Waals surface area contributed by atoms with Gasteiger partial charge in [-0.2, -0.15) is 0 Å². The summed E-state index contributed by atoms with van der Waals surface area (Å²) in [5, 5.41) is 5.01. The molecule has 4 aliphatic carbocycles. The lowest BCUT2D eigenvalue weighted by Gasteiger charge is -2.31. The minimum absolute atomic E-state index is 0.681. The van der Waals surface area contributed by atoms with Gasteiger partial charge in [0.15, 0.2) is 0 Å². The molecule has 2 spiro atoms. The summed E-state index contributed by atoms with van der Waals surface area (Å²) in [4.78, 5) is 11.0. The molecule has 4 nitrogen and oxygen atoms in total. The second-order valence-electron chi connectivity index (χ2n) is 23.0. The Hall–Kier alpha value is -9.90. The van der Waals surface area contributed by atoms with E-state index >= 15 is 0 Å². The van der Waals surface area contributed by atoms with Gasteiger partial charge < -0.3 is 9.13 Å². The summed E-state index contributed by atoms with van der Waals surface area (Å²) in [6, 6.07) is 83.0. The highest BCUT2D eigenvalue weighted by molar-refractivity contribution is 6.11. The van der Waals surface area contributed by atoms with Crippen LogP contribution in [0.2, 0.25) is 0 Å². The van der Waals surface area contributed by atoms with Crippen LogP contribution in [-0.4, -0.2) is 19.1 Å². The van der Waals surface area contributed by atoms with E-state index < -0.39 is 10.8 Å². The summed E-state index contributed by atoms with van der Waals surface area (Å²) < 4.78 is 4.92. The highest BCUT2D eigenvalue weighted by atomic mass is 15.0. The number of benzene rings is 10. The maximum Gasteiger partial charge on any atom is 0.0899 e. The third kappa shape index (κ3) is 5.32. The standard InChI is InChI=1S/C76H50N4/c1-43-35-61-59-19-13-33-77-73(59)75(63(61)37-45(43)3)65-39-47(25-29-51(65)53-31-27-49(41-67(53)75)79-69-21-9-5-15-55(69)56-16-6-10-22-70(56)79)48-26-30-52-54-32-28-50(80-71-23-11-7-17-57(71)58-18-8-12-24-72(58)80)42-68(54)76(66(52)40-48)64-38-46(4)44(2)36-62(64)60-20-14-34-78-74(60)76/h5-42H,1-4H3/t75-,76-/m1/s1. The van der Waals surface area contributed by atoms with Gasteiger partial charge in [-0.3, -0.25) is 9.97 Å². The highest BCUT2D eigenvalue weighted by Gasteiger charge is 2.55. The molecular weight excluding hydrogens is 969 g/mol. The molecule has 0 fully saturated rings. The summed E-state index contributed by atoms with van der Waals surface area (Å²) in [6.45, 7) is 9.02. The molecule has 4 heteroatoms. The van der Waals surface area contributed by atoms with E-state index in [1.54, 1.807) is 0 Å². The Morgan fingerprint density at radius 2 is 0.600 bits per heavy atom. The lowest BCUT2D eigenvalue weighted by molar-refractivity contribution is 0.757. The fourth-order valence-corrected chi connectivity index (χ4v) is 15.5. The van der Waals surface area contributed by atoms with Crippen molar-refractivity contribution in [3.8, 4) is 67.0 Å². The van der Waals surface area contributed by atoms with E-state index in [4.69, 9.17) is 9.97 Å². The van der Waals surface area contributed by atoms with Gasteiger partial charge in [0.05, 0.1) is 44.3 Å². The van der Waals surface area contributed by atoms with E-state index in [1.807, 2.05) is 12.4 Å². The zero-order chi connectivity index (χ0) is 52.9. The predicted octanol–water partition coefficient (Wildman–Crippen LogP) is 18.3. The quantitative estimate of drug-likeness (QED) is 0.177.